The summed E-state index contributed by atoms with van der Waals surface area (Å²) in [7, 11) is 0. The molecular weight excluding hydrogens is 346 g/mol. The van der Waals surface area contributed by atoms with Gasteiger partial charge in [0.15, 0.2) is 0 Å². The van der Waals surface area contributed by atoms with Crippen LogP contribution in [-0.4, -0.2) is 17.6 Å². The average molecular weight is 386 g/mol. The zero-order chi connectivity index (χ0) is 20.5. The molecule has 0 fully saturated rings. The molecule has 1 aromatic rings. The number of hydrogen-bond donors (Lipinski definition) is 2. The highest BCUT2D eigenvalue weighted by Gasteiger charge is 2.20. The lowest BCUT2D eigenvalue weighted by atomic mass is 9.95. The van der Waals surface area contributed by atoms with E-state index in [9.17, 15) is 9.90 Å². The summed E-state index contributed by atoms with van der Waals surface area (Å²) in [5.74, 6) is -1.19. The third kappa shape index (κ3) is 10.3. The zero-order valence-electron chi connectivity index (χ0n) is 17.7. The lowest BCUT2D eigenvalue weighted by Gasteiger charge is -2.16. The van der Waals surface area contributed by atoms with Crippen LogP contribution in [0.1, 0.15) is 89.0 Å². The Morgan fingerprint density at radius 1 is 1.00 bits per heavy atom. The Hall–Kier alpha value is -2.03. The van der Waals surface area contributed by atoms with Crippen LogP contribution in [0.4, 0.5) is 5.69 Å². The van der Waals surface area contributed by atoms with Crippen LogP contribution in [0.5, 0.6) is 0 Å². The number of benzene rings is 1. The van der Waals surface area contributed by atoms with Gasteiger partial charge in [0.1, 0.15) is 0 Å². The number of unbranched alkanes of at least 4 members (excludes halogenated alkanes) is 8. The van der Waals surface area contributed by atoms with Gasteiger partial charge in [0, 0.05) is 12.2 Å². The van der Waals surface area contributed by atoms with E-state index in [4.69, 9.17) is 0 Å². The monoisotopic (exact) mass is 385 g/mol. The Morgan fingerprint density at radius 3 is 2.25 bits per heavy atom. The van der Waals surface area contributed by atoms with Crippen molar-refractivity contribution >= 4 is 11.7 Å². The van der Waals surface area contributed by atoms with Gasteiger partial charge in [-0.15, -0.1) is 6.58 Å². The molecule has 1 unspecified atom stereocenters. The van der Waals surface area contributed by atoms with Crippen LogP contribution in [-0.2, 0) is 4.79 Å². The van der Waals surface area contributed by atoms with E-state index in [0.29, 0.717) is 6.42 Å². The van der Waals surface area contributed by atoms with Crippen molar-refractivity contribution in [2.75, 3.05) is 11.9 Å². The fourth-order valence-corrected chi connectivity index (χ4v) is 3.43. The minimum Gasteiger partial charge on any atom is -0.481 e. The van der Waals surface area contributed by atoms with E-state index in [0.717, 1.165) is 37.1 Å². The second-order valence-corrected chi connectivity index (χ2v) is 7.41. The molecule has 0 aliphatic rings. The second-order valence-electron chi connectivity index (χ2n) is 7.41. The number of nitrogens with one attached hydrogen (secondary N) is 1. The van der Waals surface area contributed by atoms with Gasteiger partial charge in [0.25, 0.3) is 0 Å². The van der Waals surface area contributed by atoms with E-state index in [-0.39, 0.29) is 0 Å². The summed E-state index contributed by atoms with van der Waals surface area (Å²) >= 11 is 0. The number of hydrogen-bond acceptors (Lipinski definition) is 2. The van der Waals surface area contributed by atoms with Crippen molar-refractivity contribution in [3.63, 3.8) is 0 Å². The Labute approximate surface area is 171 Å². The summed E-state index contributed by atoms with van der Waals surface area (Å²) in [6, 6.07) is 7.77. The zero-order valence-corrected chi connectivity index (χ0v) is 17.7. The number of aliphatic carboxylic acids is 1. The van der Waals surface area contributed by atoms with Gasteiger partial charge in [-0.1, -0.05) is 69.0 Å². The molecule has 2 N–H and O–H groups in total. The van der Waals surface area contributed by atoms with E-state index in [1.807, 2.05) is 37.3 Å². The standard InChI is InChI=1S/C25H39NO2/c1-3-5-6-7-8-9-10-11-12-13-14-15-18-21-26-24-20-17-16-19-23(24)22(4-2)25(27)28/h3,13-14,16-17,19-20,22,26H,1,4-12,15,18,21H2,2H3,(H,27,28). The lowest BCUT2D eigenvalue weighted by Crippen LogP contribution is -2.13. The number of carboxylic acid groups (broad SMARTS) is 1. The first-order valence-corrected chi connectivity index (χ1v) is 11.0. The van der Waals surface area contributed by atoms with Crippen LogP contribution in [0.3, 0.4) is 0 Å². The molecule has 1 rings (SSSR count). The minimum atomic E-state index is -0.753. The molecule has 0 saturated carbocycles. The van der Waals surface area contributed by atoms with Crippen molar-refractivity contribution in [2.45, 2.75) is 83.5 Å². The third-order valence-electron chi connectivity index (χ3n) is 5.10. The maximum Gasteiger partial charge on any atom is 0.311 e. The highest BCUT2D eigenvalue weighted by atomic mass is 16.4. The first-order valence-electron chi connectivity index (χ1n) is 11.0. The molecule has 0 bridgehead atoms. The number of rotatable bonds is 17. The summed E-state index contributed by atoms with van der Waals surface area (Å²) < 4.78 is 0. The van der Waals surface area contributed by atoms with Gasteiger partial charge < -0.3 is 10.4 Å². The normalized spacial score (nSPS) is 12.2. The van der Waals surface area contributed by atoms with E-state index in [1.165, 1.54) is 44.9 Å². The van der Waals surface area contributed by atoms with Crippen LogP contribution < -0.4 is 5.32 Å². The van der Waals surface area contributed by atoms with Crippen LogP contribution in [0.15, 0.2) is 49.1 Å². The maximum atomic E-state index is 11.4. The number of anilines is 1. The van der Waals surface area contributed by atoms with E-state index < -0.39 is 11.9 Å². The Kier molecular flexibility index (Phi) is 13.7. The summed E-state index contributed by atoms with van der Waals surface area (Å²) in [6.45, 7) is 6.54. The van der Waals surface area contributed by atoms with Gasteiger partial charge in [-0.25, -0.2) is 0 Å². The number of carbonyl (C=O) groups is 1. The number of carboxylic acids is 1. The third-order valence-corrected chi connectivity index (χ3v) is 5.10. The van der Waals surface area contributed by atoms with Crippen molar-refractivity contribution in [1.82, 2.24) is 0 Å². The van der Waals surface area contributed by atoms with Gasteiger partial charge in [0.2, 0.25) is 0 Å². The predicted octanol–water partition coefficient (Wildman–Crippen LogP) is 7.32. The van der Waals surface area contributed by atoms with Crippen molar-refractivity contribution in [1.29, 1.82) is 0 Å². The first kappa shape index (κ1) is 24.0. The second kappa shape index (κ2) is 16.0. The van der Waals surface area contributed by atoms with Gasteiger partial charge in [-0.05, 0) is 56.6 Å². The average Bonchev–Trinajstić information content (AvgIpc) is 2.69. The molecule has 0 amide bonds. The summed E-state index contributed by atoms with van der Waals surface area (Å²) in [6.07, 6.45) is 19.6. The van der Waals surface area contributed by atoms with Crippen molar-refractivity contribution < 1.29 is 9.90 Å². The van der Waals surface area contributed by atoms with Gasteiger partial charge in [0.05, 0.1) is 5.92 Å². The highest BCUT2D eigenvalue weighted by Crippen LogP contribution is 2.27. The molecule has 0 saturated heterocycles. The van der Waals surface area contributed by atoms with Crippen LogP contribution in [0.2, 0.25) is 0 Å². The summed E-state index contributed by atoms with van der Waals surface area (Å²) in [4.78, 5) is 11.4. The smallest absolute Gasteiger partial charge is 0.311 e. The molecule has 1 aromatic carbocycles. The van der Waals surface area contributed by atoms with E-state index in [2.05, 4.69) is 24.0 Å². The largest absolute Gasteiger partial charge is 0.481 e. The van der Waals surface area contributed by atoms with E-state index in [1.54, 1.807) is 0 Å². The molecule has 0 aliphatic carbocycles. The predicted molar refractivity (Wildman–Crippen MR) is 121 cm³/mol. The molecule has 3 heteroatoms. The van der Waals surface area contributed by atoms with Crippen LogP contribution in [0.25, 0.3) is 0 Å². The van der Waals surface area contributed by atoms with E-state index >= 15 is 0 Å². The molecule has 0 aliphatic heterocycles. The van der Waals surface area contributed by atoms with Crippen molar-refractivity contribution in [2.24, 2.45) is 0 Å². The minimum absolute atomic E-state index is 0.439. The Bertz CT molecular complexity index is 580. The molecule has 0 aromatic heterocycles. The summed E-state index contributed by atoms with van der Waals surface area (Å²) in [5, 5.41) is 12.8. The lowest BCUT2D eigenvalue weighted by molar-refractivity contribution is -0.138. The molecule has 28 heavy (non-hydrogen) atoms. The topological polar surface area (TPSA) is 49.3 Å². The Balaban J connectivity index is 2.14. The van der Waals surface area contributed by atoms with Crippen molar-refractivity contribution in [3.05, 3.63) is 54.6 Å². The molecular formula is C25H39NO2. The molecule has 3 nitrogen and oxygen atoms in total. The fourth-order valence-electron chi connectivity index (χ4n) is 3.43. The molecule has 1 atom stereocenters. The molecule has 0 spiro atoms. The number of para-hydroxylation sites is 1. The first-order chi connectivity index (χ1) is 13.7. The van der Waals surface area contributed by atoms with Crippen LogP contribution >= 0.6 is 0 Å². The van der Waals surface area contributed by atoms with Crippen LogP contribution in [0, 0.1) is 0 Å². The summed E-state index contributed by atoms with van der Waals surface area (Å²) in [5.41, 5.74) is 1.84. The van der Waals surface area contributed by atoms with Gasteiger partial charge in [-0.3, -0.25) is 4.79 Å². The van der Waals surface area contributed by atoms with Gasteiger partial charge >= 0.3 is 5.97 Å². The number of allylic oxidation sites excluding steroid dienone is 3. The molecule has 156 valence electrons. The fraction of sp³-hybridized carbons (Fsp3) is 0.560. The maximum absolute atomic E-state index is 11.4. The highest BCUT2D eigenvalue weighted by molar-refractivity contribution is 5.78. The Morgan fingerprint density at radius 2 is 1.61 bits per heavy atom. The SMILES string of the molecule is C=CCCCCCCCCC=CCCCNc1ccccc1C(CC)C(=O)O. The van der Waals surface area contributed by atoms with Gasteiger partial charge in [-0.2, -0.15) is 0 Å². The molecule has 0 heterocycles. The van der Waals surface area contributed by atoms with Crippen molar-refractivity contribution in [3.8, 4) is 0 Å². The molecule has 0 radical (unpaired) electrons. The quantitative estimate of drug-likeness (QED) is 0.218.